The molecule has 1 amide bonds. The number of carbonyl (C=O) groups is 1. The summed E-state index contributed by atoms with van der Waals surface area (Å²) < 4.78 is 29.0. The quantitative estimate of drug-likeness (QED) is 0.566. The second-order valence-electron chi connectivity index (χ2n) is 8.77. The van der Waals surface area contributed by atoms with Gasteiger partial charge in [-0.25, -0.2) is 13.4 Å². The van der Waals surface area contributed by atoms with Gasteiger partial charge in [-0.1, -0.05) is 18.2 Å². The Kier molecular flexibility index (Phi) is 6.22. The maximum Gasteiger partial charge on any atom is 0.254 e. The van der Waals surface area contributed by atoms with E-state index in [-0.39, 0.29) is 16.8 Å². The number of hydrogen-bond donors (Lipinski definition) is 0. The van der Waals surface area contributed by atoms with E-state index < -0.39 is 10.0 Å². The van der Waals surface area contributed by atoms with Gasteiger partial charge in [0.05, 0.1) is 21.2 Å². The molecule has 2 aliphatic rings. The topological polar surface area (TPSA) is 73.8 Å². The van der Waals surface area contributed by atoms with Gasteiger partial charge in [0.15, 0.2) is 0 Å². The van der Waals surface area contributed by atoms with Crippen molar-refractivity contribution in [2.45, 2.75) is 30.2 Å². The van der Waals surface area contributed by atoms with Gasteiger partial charge in [-0.05, 0) is 56.6 Å². The molecular formula is C24H28N4O3S2. The normalized spacial score (nSPS) is 20.9. The average molecular weight is 485 g/mol. The fourth-order valence-corrected chi connectivity index (χ4v) is 7.18. The van der Waals surface area contributed by atoms with Gasteiger partial charge < -0.3 is 9.80 Å². The number of amides is 1. The van der Waals surface area contributed by atoms with Crippen LogP contribution in [0.25, 0.3) is 10.2 Å². The molecule has 174 valence electrons. The third kappa shape index (κ3) is 4.42. The number of carbonyl (C=O) groups excluding carboxylic acids is 1. The molecule has 33 heavy (non-hydrogen) atoms. The van der Waals surface area contributed by atoms with Crippen molar-refractivity contribution in [1.29, 1.82) is 0 Å². The first-order valence-electron chi connectivity index (χ1n) is 11.4. The van der Waals surface area contributed by atoms with Crippen molar-refractivity contribution in [3.63, 3.8) is 0 Å². The highest BCUT2D eigenvalue weighted by atomic mass is 32.2. The fraction of sp³-hybridized carbons (Fsp3) is 0.417. The number of likely N-dealkylation sites (tertiary alicyclic amines) is 1. The zero-order chi connectivity index (χ0) is 23.0. The van der Waals surface area contributed by atoms with E-state index in [1.54, 1.807) is 35.6 Å². The van der Waals surface area contributed by atoms with E-state index in [0.29, 0.717) is 38.3 Å². The van der Waals surface area contributed by atoms with Crippen LogP contribution >= 0.6 is 11.3 Å². The lowest BCUT2D eigenvalue weighted by atomic mass is 10.0. The molecule has 0 spiro atoms. The van der Waals surface area contributed by atoms with E-state index in [1.807, 2.05) is 30.1 Å². The number of hydrogen-bond acceptors (Lipinski definition) is 6. The van der Waals surface area contributed by atoms with Gasteiger partial charge in [-0.2, -0.15) is 4.31 Å². The Labute approximate surface area is 198 Å². The van der Waals surface area contributed by atoms with Crippen molar-refractivity contribution < 1.29 is 13.2 Å². The van der Waals surface area contributed by atoms with E-state index in [4.69, 9.17) is 4.98 Å². The summed E-state index contributed by atoms with van der Waals surface area (Å²) in [5, 5.41) is 0.950. The first-order chi connectivity index (χ1) is 15.9. The molecule has 5 rings (SSSR count). The first-order valence-corrected chi connectivity index (χ1v) is 13.6. The Bertz CT molecular complexity index is 1230. The number of aromatic nitrogens is 1. The highest BCUT2D eigenvalue weighted by Gasteiger charge is 2.32. The first kappa shape index (κ1) is 22.5. The number of nitrogens with zero attached hydrogens (tertiary/aromatic N) is 4. The second kappa shape index (κ2) is 9.13. The molecule has 0 saturated carbocycles. The van der Waals surface area contributed by atoms with Crippen molar-refractivity contribution in [3.8, 4) is 0 Å². The third-order valence-electron chi connectivity index (χ3n) is 6.54. The van der Waals surface area contributed by atoms with E-state index in [1.165, 1.54) is 4.31 Å². The SMILES string of the molecule is CN1CCN(S(=O)(=O)c2cccc(C(=O)N3CCCCC3c3nc4ccccc4s3)c2)CC1. The molecule has 1 unspecified atom stereocenters. The van der Waals surface area contributed by atoms with Gasteiger partial charge in [0.2, 0.25) is 10.0 Å². The maximum atomic E-state index is 13.6. The molecule has 0 radical (unpaired) electrons. The number of rotatable bonds is 4. The minimum atomic E-state index is -3.63. The van der Waals surface area contributed by atoms with E-state index in [2.05, 4.69) is 11.0 Å². The van der Waals surface area contributed by atoms with Crippen LogP contribution in [0.2, 0.25) is 0 Å². The van der Waals surface area contributed by atoms with Gasteiger partial charge >= 0.3 is 0 Å². The van der Waals surface area contributed by atoms with Gasteiger partial charge in [-0.15, -0.1) is 11.3 Å². The Hall–Kier alpha value is -2.33. The molecule has 1 atom stereocenters. The average Bonchev–Trinajstić information content (AvgIpc) is 3.28. The zero-order valence-electron chi connectivity index (χ0n) is 18.7. The predicted molar refractivity (Wildman–Crippen MR) is 130 cm³/mol. The summed E-state index contributed by atoms with van der Waals surface area (Å²) in [5.74, 6) is -0.130. The lowest BCUT2D eigenvalue weighted by Gasteiger charge is -2.35. The monoisotopic (exact) mass is 484 g/mol. The summed E-state index contributed by atoms with van der Waals surface area (Å²) in [7, 11) is -1.64. The van der Waals surface area contributed by atoms with Crippen LogP contribution in [0.4, 0.5) is 0 Å². The smallest absolute Gasteiger partial charge is 0.254 e. The molecule has 1 aromatic heterocycles. The molecule has 2 saturated heterocycles. The number of thiazole rings is 1. The molecule has 2 aromatic carbocycles. The van der Waals surface area contributed by atoms with Gasteiger partial charge in [0.1, 0.15) is 5.01 Å². The molecule has 9 heteroatoms. The predicted octanol–water partition coefficient (Wildman–Crippen LogP) is 3.60. The standard InChI is InChI=1S/C24H28N4O3S2/c1-26-13-15-27(16-14-26)33(30,31)19-8-6-7-18(17-19)24(29)28-12-5-4-10-21(28)23-25-20-9-2-3-11-22(20)32-23/h2-3,6-9,11,17,21H,4-5,10,12-16H2,1H3. The summed E-state index contributed by atoms with van der Waals surface area (Å²) in [6.07, 6.45) is 2.85. The van der Waals surface area contributed by atoms with Crippen LogP contribution in [0.5, 0.6) is 0 Å². The zero-order valence-corrected chi connectivity index (χ0v) is 20.3. The Morgan fingerprint density at radius 3 is 2.58 bits per heavy atom. The Morgan fingerprint density at radius 2 is 1.79 bits per heavy atom. The summed E-state index contributed by atoms with van der Waals surface area (Å²) in [5.41, 5.74) is 1.37. The lowest BCUT2D eigenvalue weighted by molar-refractivity contribution is 0.0611. The summed E-state index contributed by atoms with van der Waals surface area (Å²) in [4.78, 5) is 22.6. The van der Waals surface area contributed by atoms with Crippen LogP contribution in [0.3, 0.4) is 0 Å². The van der Waals surface area contributed by atoms with Crippen molar-refractivity contribution in [3.05, 3.63) is 59.1 Å². The molecule has 7 nitrogen and oxygen atoms in total. The largest absolute Gasteiger partial charge is 0.329 e. The number of piperazine rings is 1. The van der Waals surface area contributed by atoms with Crippen LogP contribution in [-0.4, -0.2) is 73.2 Å². The van der Waals surface area contributed by atoms with Crippen LogP contribution in [0, 0.1) is 0 Å². The fourth-order valence-electron chi connectivity index (χ4n) is 4.60. The molecule has 2 aliphatic heterocycles. The molecule has 3 heterocycles. The summed E-state index contributed by atoms with van der Waals surface area (Å²) in [6, 6.07) is 14.5. The second-order valence-corrected chi connectivity index (χ2v) is 11.8. The molecule has 2 fully saturated rings. The van der Waals surface area contributed by atoms with Crippen molar-refractivity contribution in [2.75, 3.05) is 39.8 Å². The van der Waals surface area contributed by atoms with Gasteiger partial charge in [-0.3, -0.25) is 4.79 Å². The minimum Gasteiger partial charge on any atom is -0.329 e. The highest BCUT2D eigenvalue weighted by Crippen LogP contribution is 2.36. The summed E-state index contributed by atoms with van der Waals surface area (Å²) >= 11 is 1.63. The highest BCUT2D eigenvalue weighted by molar-refractivity contribution is 7.89. The minimum absolute atomic E-state index is 0.0819. The van der Waals surface area contributed by atoms with E-state index in [0.717, 1.165) is 34.5 Å². The lowest BCUT2D eigenvalue weighted by Crippen LogP contribution is -2.47. The summed E-state index contributed by atoms with van der Waals surface area (Å²) in [6.45, 7) is 2.98. The Balaban J connectivity index is 1.42. The van der Waals surface area contributed by atoms with Crippen LogP contribution in [0.15, 0.2) is 53.4 Å². The van der Waals surface area contributed by atoms with Crippen molar-refractivity contribution in [1.82, 2.24) is 19.1 Å². The maximum absolute atomic E-state index is 13.6. The molecule has 0 aliphatic carbocycles. The van der Waals surface area contributed by atoms with E-state index in [9.17, 15) is 13.2 Å². The van der Waals surface area contributed by atoms with Gasteiger partial charge in [0.25, 0.3) is 5.91 Å². The Morgan fingerprint density at radius 1 is 1.00 bits per heavy atom. The number of para-hydroxylation sites is 1. The number of sulfonamides is 1. The molecule has 0 N–H and O–H groups in total. The molecule has 0 bridgehead atoms. The number of fused-ring (bicyclic) bond motifs is 1. The number of piperidine rings is 1. The van der Waals surface area contributed by atoms with Crippen LogP contribution in [0.1, 0.15) is 40.7 Å². The third-order valence-corrected chi connectivity index (χ3v) is 9.57. The van der Waals surface area contributed by atoms with Crippen molar-refractivity contribution in [2.24, 2.45) is 0 Å². The van der Waals surface area contributed by atoms with E-state index >= 15 is 0 Å². The number of likely N-dealkylation sites (N-methyl/N-ethyl adjacent to an activating group) is 1. The van der Waals surface area contributed by atoms with Crippen molar-refractivity contribution >= 4 is 37.5 Å². The number of benzene rings is 2. The van der Waals surface area contributed by atoms with Crippen LogP contribution in [-0.2, 0) is 10.0 Å². The molecular weight excluding hydrogens is 456 g/mol. The molecule has 3 aromatic rings. The van der Waals surface area contributed by atoms with Gasteiger partial charge in [0, 0.05) is 38.3 Å². The van der Waals surface area contributed by atoms with Crippen LogP contribution < -0.4 is 0 Å².